The molecule has 0 heterocycles. The molecule has 0 aromatic heterocycles. The summed E-state index contributed by atoms with van der Waals surface area (Å²) >= 11 is 0. The normalized spacial score (nSPS) is 12.6. The minimum Gasteiger partial charge on any atom is -0.492 e. The summed E-state index contributed by atoms with van der Waals surface area (Å²) < 4.78 is 116. The Kier molecular flexibility index (Phi) is 16.6. The van der Waals surface area contributed by atoms with Gasteiger partial charge in [0.1, 0.15) is 36.3 Å². The third-order valence-electron chi connectivity index (χ3n) is 9.75. The number of hydrogen-bond acceptors (Lipinski definition) is 6. The lowest BCUT2D eigenvalue weighted by Gasteiger charge is -2.16. The van der Waals surface area contributed by atoms with E-state index in [1.165, 1.54) is 48.5 Å². The Morgan fingerprint density at radius 2 is 0.677 bits per heavy atom. The molecule has 6 rings (SSSR count). The highest BCUT2D eigenvalue weighted by atomic mass is 19.4. The van der Waals surface area contributed by atoms with E-state index in [2.05, 4.69) is 0 Å². The fraction of sp³-hybridized carbons (Fsp3) is 0.250. The summed E-state index contributed by atoms with van der Waals surface area (Å²) in [6, 6.07) is 32.2. The Bertz CT molecular complexity index is 2160. The molecule has 62 heavy (non-hydrogen) atoms. The Morgan fingerprint density at radius 1 is 0.403 bits per heavy atom. The van der Waals surface area contributed by atoms with E-state index in [-0.39, 0.29) is 30.3 Å². The van der Waals surface area contributed by atoms with E-state index in [9.17, 15) is 35.1 Å². The van der Waals surface area contributed by atoms with Crippen molar-refractivity contribution >= 4 is 0 Å². The molecule has 0 aliphatic heterocycles. The molecule has 14 heteroatoms. The van der Waals surface area contributed by atoms with Gasteiger partial charge < -0.3 is 32.4 Å². The third kappa shape index (κ3) is 14.1. The van der Waals surface area contributed by atoms with Crippen molar-refractivity contribution in [3.63, 3.8) is 0 Å². The molecule has 0 spiro atoms. The fourth-order valence-corrected chi connectivity index (χ4v) is 6.35. The summed E-state index contributed by atoms with van der Waals surface area (Å²) in [7, 11) is 0. The molecule has 8 N–H and O–H groups in total. The molecule has 0 saturated heterocycles. The second-order valence-corrected chi connectivity index (χ2v) is 14.7. The minimum atomic E-state index is -4.46. The van der Waals surface area contributed by atoms with E-state index in [0.717, 1.165) is 65.8 Å². The average Bonchev–Trinajstić information content (AvgIpc) is 3.26. The molecular formula is C48H48F8N4O2. The van der Waals surface area contributed by atoms with Gasteiger partial charge >= 0.3 is 12.4 Å². The molecule has 6 aromatic rings. The van der Waals surface area contributed by atoms with E-state index >= 15 is 0 Å². The quantitative estimate of drug-likeness (QED) is 0.0719. The molecular weight excluding hydrogens is 817 g/mol. The van der Waals surface area contributed by atoms with Gasteiger partial charge in [-0.2, -0.15) is 26.3 Å². The molecule has 0 unspecified atom stereocenters. The topological polar surface area (TPSA) is 123 Å². The van der Waals surface area contributed by atoms with Crippen LogP contribution < -0.4 is 32.4 Å². The third-order valence-corrected chi connectivity index (χ3v) is 9.75. The molecule has 0 aliphatic carbocycles. The van der Waals surface area contributed by atoms with Crippen LogP contribution in [0.4, 0.5) is 35.1 Å². The lowest BCUT2D eigenvalue weighted by atomic mass is 9.97. The molecule has 6 aromatic carbocycles. The van der Waals surface area contributed by atoms with Gasteiger partial charge in [-0.1, -0.05) is 48.5 Å². The summed E-state index contributed by atoms with van der Waals surface area (Å²) in [5.74, 6) is 0.474. The first-order valence-corrected chi connectivity index (χ1v) is 19.9. The number of rotatable bonds is 16. The zero-order valence-electron chi connectivity index (χ0n) is 33.7. The summed E-state index contributed by atoms with van der Waals surface area (Å²) in [5.41, 5.74) is 27.2. The molecule has 6 nitrogen and oxygen atoms in total. The fourth-order valence-electron chi connectivity index (χ4n) is 6.35. The van der Waals surface area contributed by atoms with Crippen LogP contribution in [0, 0.1) is 11.6 Å². The van der Waals surface area contributed by atoms with Crippen molar-refractivity contribution in [2.45, 2.75) is 50.1 Å². The van der Waals surface area contributed by atoms with E-state index in [1.54, 1.807) is 42.5 Å². The number of nitrogens with two attached hydrogens (primary N) is 4. The number of ether oxygens (including phenoxy) is 2. The lowest BCUT2D eigenvalue weighted by Crippen LogP contribution is -2.28. The zero-order valence-corrected chi connectivity index (χ0v) is 33.7. The minimum absolute atomic E-state index is 0.104. The van der Waals surface area contributed by atoms with Crippen LogP contribution in [0.3, 0.4) is 0 Å². The molecule has 2 atom stereocenters. The highest BCUT2D eigenvalue weighted by Crippen LogP contribution is 2.37. The predicted octanol–water partition coefficient (Wildman–Crippen LogP) is 11.2. The maximum atomic E-state index is 13.3. The SMILES string of the molecule is NCCC[C@H](N)COc1cc(-c2ccc(C(F)(F)F)cc2)cc(-c2ccc(C(F)(F)F)cc2)c1.NCCC[C@H](N)COc1cc(-c2ccc(F)cc2)cc(-c2ccc(F)cc2)c1. The first-order chi connectivity index (χ1) is 29.5. The van der Waals surface area contributed by atoms with Crippen molar-refractivity contribution in [2.24, 2.45) is 22.9 Å². The van der Waals surface area contributed by atoms with Crippen molar-refractivity contribution in [3.8, 4) is 56.0 Å². The highest BCUT2D eigenvalue weighted by Gasteiger charge is 2.31. The molecule has 0 aliphatic rings. The largest absolute Gasteiger partial charge is 0.492 e. The lowest BCUT2D eigenvalue weighted by molar-refractivity contribution is -0.138. The van der Waals surface area contributed by atoms with E-state index in [0.29, 0.717) is 59.9 Å². The molecule has 0 bridgehead atoms. The molecule has 0 fully saturated rings. The van der Waals surface area contributed by atoms with E-state index in [4.69, 9.17) is 32.4 Å². The van der Waals surface area contributed by atoms with Gasteiger partial charge in [0, 0.05) is 12.1 Å². The molecule has 0 amide bonds. The molecule has 0 saturated carbocycles. The van der Waals surface area contributed by atoms with Crippen LogP contribution >= 0.6 is 0 Å². The maximum absolute atomic E-state index is 13.3. The average molecular weight is 865 g/mol. The van der Waals surface area contributed by atoms with Crippen molar-refractivity contribution in [2.75, 3.05) is 26.3 Å². The van der Waals surface area contributed by atoms with Crippen LogP contribution in [-0.4, -0.2) is 38.4 Å². The zero-order chi connectivity index (χ0) is 44.9. The second-order valence-electron chi connectivity index (χ2n) is 14.7. The van der Waals surface area contributed by atoms with Gasteiger partial charge in [0.25, 0.3) is 0 Å². The van der Waals surface area contributed by atoms with Crippen LogP contribution in [-0.2, 0) is 12.4 Å². The Balaban J connectivity index is 0.000000238. The molecule has 0 radical (unpaired) electrons. The van der Waals surface area contributed by atoms with E-state index < -0.39 is 23.5 Å². The van der Waals surface area contributed by atoms with Gasteiger partial charge in [-0.25, -0.2) is 8.78 Å². The number of alkyl halides is 6. The molecule has 328 valence electrons. The van der Waals surface area contributed by atoms with Crippen molar-refractivity contribution in [1.82, 2.24) is 0 Å². The predicted molar refractivity (Wildman–Crippen MR) is 228 cm³/mol. The van der Waals surface area contributed by atoms with Crippen LogP contribution in [0.15, 0.2) is 133 Å². The first-order valence-electron chi connectivity index (χ1n) is 19.9. The Hall–Kier alpha value is -5.80. The standard InChI is InChI=1S/C25H24F6N2O.C23H24F2N2O/c26-24(27,28)20-7-3-16(4-8-20)18-12-19(17-5-9-21(10-6-17)25(29,30)31)14-23(13-18)34-15-22(33)2-1-11-32;24-20-7-3-16(4-8-20)18-12-19(17-5-9-21(25)10-6-17)14-23(13-18)28-15-22(27)2-1-11-26/h3-10,12-14,22H,1-2,11,15,32-33H2;3-10,12-14,22H,1-2,11,15,26-27H2/t2*22-/m00/s1. The van der Waals surface area contributed by atoms with Crippen LogP contribution in [0.2, 0.25) is 0 Å². The number of hydrogen-bond donors (Lipinski definition) is 4. The van der Waals surface area contributed by atoms with Gasteiger partial charge in [-0.3, -0.25) is 0 Å². The summed E-state index contributed by atoms with van der Waals surface area (Å²) in [6.45, 7) is 1.65. The Morgan fingerprint density at radius 3 is 0.935 bits per heavy atom. The smallest absolute Gasteiger partial charge is 0.416 e. The van der Waals surface area contributed by atoms with Gasteiger partial charge in [-0.15, -0.1) is 0 Å². The van der Waals surface area contributed by atoms with Crippen LogP contribution in [0.25, 0.3) is 44.5 Å². The van der Waals surface area contributed by atoms with Gasteiger partial charge in [0.05, 0.1) is 11.1 Å². The summed E-state index contributed by atoms with van der Waals surface area (Å²) in [4.78, 5) is 0. The first kappa shape index (κ1) is 47.3. The number of halogens is 8. The summed E-state index contributed by atoms with van der Waals surface area (Å²) in [5, 5.41) is 0. The Labute approximate surface area is 355 Å². The van der Waals surface area contributed by atoms with Crippen molar-refractivity contribution < 1.29 is 44.6 Å². The van der Waals surface area contributed by atoms with E-state index in [1.807, 2.05) is 18.2 Å². The van der Waals surface area contributed by atoms with Gasteiger partial charge in [-0.05, 0) is 168 Å². The van der Waals surface area contributed by atoms with Crippen LogP contribution in [0.5, 0.6) is 11.5 Å². The second kappa shape index (κ2) is 21.8. The van der Waals surface area contributed by atoms with Crippen LogP contribution in [0.1, 0.15) is 36.8 Å². The highest BCUT2D eigenvalue weighted by molar-refractivity contribution is 5.76. The van der Waals surface area contributed by atoms with Gasteiger partial charge in [0.15, 0.2) is 0 Å². The summed E-state index contributed by atoms with van der Waals surface area (Å²) in [6.07, 6.45) is -5.91. The monoisotopic (exact) mass is 864 g/mol. The number of benzene rings is 6. The van der Waals surface area contributed by atoms with Crippen molar-refractivity contribution in [3.05, 3.63) is 156 Å². The van der Waals surface area contributed by atoms with Gasteiger partial charge in [0.2, 0.25) is 0 Å². The van der Waals surface area contributed by atoms with Crippen molar-refractivity contribution in [1.29, 1.82) is 0 Å². The maximum Gasteiger partial charge on any atom is 0.416 e.